The number of nitrogens with one attached hydrogen (secondary N) is 1. The van der Waals surface area contributed by atoms with Crippen LogP contribution in [0.15, 0.2) is 11.0 Å². The van der Waals surface area contributed by atoms with E-state index in [1.165, 1.54) is 0 Å². The number of carbonyl (C=O) groups excluding carboxylic acids is 1. The molecule has 112 valence electrons. The highest BCUT2D eigenvalue weighted by Crippen LogP contribution is 2.33. The Hall–Kier alpha value is -2.13. The second-order valence-corrected chi connectivity index (χ2v) is 3.49. The Morgan fingerprint density at radius 2 is 2.00 bits per heavy atom. The first-order valence-corrected chi connectivity index (χ1v) is 5.01. The number of alkyl halides is 5. The van der Waals surface area contributed by atoms with Gasteiger partial charge in [-0.25, -0.2) is 8.78 Å². The van der Waals surface area contributed by atoms with Gasteiger partial charge in [0.1, 0.15) is 11.3 Å². The minimum Gasteiger partial charge on any atom is -0.469 e. The highest BCUT2D eigenvalue weighted by Gasteiger charge is 2.36. The van der Waals surface area contributed by atoms with Gasteiger partial charge in [-0.1, -0.05) is 0 Å². The fourth-order valence-electron chi connectivity index (χ4n) is 1.37. The van der Waals surface area contributed by atoms with E-state index in [0.717, 1.165) is 7.11 Å². The Labute approximate surface area is 108 Å². The summed E-state index contributed by atoms with van der Waals surface area (Å²) in [7, 11) is 0.965. The summed E-state index contributed by atoms with van der Waals surface area (Å²) in [5, 5.41) is 0. The van der Waals surface area contributed by atoms with Gasteiger partial charge in [-0.2, -0.15) is 0 Å². The lowest BCUT2D eigenvalue weighted by Crippen LogP contribution is -2.24. The summed E-state index contributed by atoms with van der Waals surface area (Å²) < 4.78 is 69.7. The van der Waals surface area contributed by atoms with Crippen LogP contribution in [0.5, 0.6) is 5.75 Å². The molecule has 0 amide bonds. The first-order valence-electron chi connectivity index (χ1n) is 5.01. The number of pyridine rings is 1. The Kier molecular flexibility index (Phi) is 4.69. The zero-order chi connectivity index (χ0) is 15.5. The lowest BCUT2D eigenvalue weighted by Gasteiger charge is -2.15. The maximum Gasteiger partial charge on any atom is 0.573 e. The van der Waals surface area contributed by atoms with Gasteiger partial charge in [0, 0.05) is 11.8 Å². The van der Waals surface area contributed by atoms with E-state index in [2.05, 4.69) is 9.47 Å². The van der Waals surface area contributed by atoms with Crippen molar-refractivity contribution in [2.24, 2.45) is 0 Å². The minimum atomic E-state index is -5.29. The average molecular weight is 301 g/mol. The zero-order valence-corrected chi connectivity index (χ0v) is 9.88. The van der Waals surface area contributed by atoms with Crippen LogP contribution in [0.2, 0.25) is 0 Å². The first kappa shape index (κ1) is 15.9. The summed E-state index contributed by atoms with van der Waals surface area (Å²) in [4.78, 5) is 24.0. The molecular weight excluding hydrogens is 293 g/mol. The third-order valence-corrected chi connectivity index (χ3v) is 2.16. The maximum absolute atomic E-state index is 12.7. The topological polar surface area (TPSA) is 68.4 Å². The molecule has 1 heterocycles. The largest absolute Gasteiger partial charge is 0.573 e. The van der Waals surface area contributed by atoms with Crippen LogP contribution in [0.1, 0.15) is 17.6 Å². The molecule has 10 heteroatoms. The number of hydrogen-bond donors (Lipinski definition) is 1. The van der Waals surface area contributed by atoms with Gasteiger partial charge in [0.2, 0.25) is 0 Å². The normalized spacial score (nSPS) is 11.6. The fourth-order valence-corrected chi connectivity index (χ4v) is 1.37. The molecule has 1 aromatic rings. The van der Waals surface area contributed by atoms with E-state index in [9.17, 15) is 31.5 Å². The van der Waals surface area contributed by atoms with Gasteiger partial charge in [-0.15, -0.1) is 13.2 Å². The highest BCUT2D eigenvalue weighted by molar-refractivity contribution is 5.73. The van der Waals surface area contributed by atoms with E-state index in [1.807, 2.05) is 4.98 Å². The van der Waals surface area contributed by atoms with Crippen LogP contribution in [0, 0.1) is 0 Å². The SMILES string of the molecule is COC(=O)Cc1c[nH]c(=O)c(C(F)F)c1OC(F)(F)F. The van der Waals surface area contributed by atoms with E-state index < -0.39 is 47.6 Å². The molecule has 1 rings (SSSR count). The quantitative estimate of drug-likeness (QED) is 0.681. The van der Waals surface area contributed by atoms with Crippen molar-refractivity contribution in [2.75, 3.05) is 7.11 Å². The Morgan fingerprint density at radius 3 is 2.45 bits per heavy atom. The van der Waals surface area contributed by atoms with Crippen molar-refractivity contribution in [1.82, 2.24) is 4.98 Å². The summed E-state index contributed by atoms with van der Waals surface area (Å²) in [5.74, 6) is -2.37. The number of carbonyl (C=O) groups is 1. The van der Waals surface area contributed by atoms with E-state index in [1.54, 1.807) is 0 Å². The molecule has 0 aliphatic carbocycles. The minimum absolute atomic E-state index is 0.566. The number of aromatic amines is 1. The molecule has 0 saturated carbocycles. The van der Waals surface area contributed by atoms with Crippen LogP contribution in [-0.2, 0) is 16.0 Å². The summed E-state index contributed by atoms with van der Waals surface area (Å²) in [6.07, 6.45) is -8.87. The van der Waals surface area contributed by atoms with Crippen LogP contribution < -0.4 is 10.3 Å². The van der Waals surface area contributed by atoms with E-state index in [4.69, 9.17) is 0 Å². The molecule has 0 atom stereocenters. The van der Waals surface area contributed by atoms with Gasteiger partial charge >= 0.3 is 12.3 Å². The number of H-pyrrole nitrogens is 1. The van der Waals surface area contributed by atoms with Crippen LogP contribution in [0.25, 0.3) is 0 Å². The zero-order valence-electron chi connectivity index (χ0n) is 9.88. The van der Waals surface area contributed by atoms with Gasteiger partial charge in [-0.05, 0) is 0 Å². The van der Waals surface area contributed by atoms with Crippen molar-refractivity contribution in [3.05, 3.63) is 27.7 Å². The maximum atomic E-state index is 12.7. The number of rotatable bonds is 4. The summed E-state index contributed by atoms with van der Waals surface area (Å²) in [5.41, 5.74) is -3.50. The second-order valence-electron chi connectivity index (χ2n) is 3.49. The van der Waals surface area contributed by atoms with Crippen molar-refractivity contribution in [2.45, 2.75) is 19.2 Å². The van der Waals surface area contributed by atoms with Gasteiger partial charge < -0.3 is 14.5 Å². The molecule has 0 aliphatic rings. The number of hydrogen-bond acceptors (Lipinski definition) is 4. The van der Waals surface area contributed by atoms with Crippen LogP contribution in [0.3, 0.4) is 0 Å². The van der Waals surface area contributed by atoms with Gasteiger partial charge in [0.25, 0.3) is 12.0 Å². The summed E-state index contributed by atoms with van der Waals surface area (Å²) >= 11 is 0. The molecule has 0 spiro atoms. The fraction of sp³-hybridized carbons (Fsp3) is 0.400. The molecule has 5 nitrogen and oxygen atoms in total. The van der Waals surface area contributed by atoms with Crippen LogP contribution >= 0.6 is 0 Å². The third-order valence-electron chi connectivity index (χ3n) is 2.16. The van der Waals surface area contributed by atoms with Gasteiger partial charge in [-0.3, -0.25) is 9.59 Å². The number of aromatic nitrogens is 1. The van der Waals surface area contributed by atoms with Crippen molar-refractivity contribution in [3.8, 4) is 5.75 Å². The first-order chi connectivity index (χ1) is 9.15. The lowest BCUT2D eigenvalue weighted by atomic mass is 10.1. The molecule has 20 heavy (non-hydrogen) atoms. The van der Waals surface area contributed by atoms with E-state index >= 15 is 0 Å². The predicted octanol–water partition coefficient (Wildman–Crippen LogP) is 1.93. The Morgan fingerprint density at radius 1 is 1.40 bits per heavy atom. The van der Waals surface area contributed by atoms with Crippen molar-refractivity contribution < 1.29 is 36.2 Å². The molecule has 1 aromatic heterocycles. The lowest BCUT2D eigenvalue weighted by molar-refractivity contribution is -0.275. The monoisotopic (exact) mass is 301 g/mol. The molecule has 0 aliphatic heterocycles. The van der Waals surface area contributed by atoms with Crippen LogP contribution in [-0.4, -0.2) is 24.4 Å². The summed E-state index contributed by atoms with van der Waals surface area (Å²) in [6, 6.07) is 0. The number of ether oxygens (including phenoxy) is 2. The molecule has 0 radical (unpaired) electrons. The smallest absolute Gasteiger partial charge is 0.469 e. The second kappa shape index (κ2) is 5.88. The van der Waals surface area contributed by atoms with Crippen molar-refractivity contribution in [1.29, 1.82) is 0 Å². The predicted molar refractivity (Wildman–Crippen MR) is 54.4 cm³/mol. The standard InChI is InChI=1S/C10H8F5NO4/c1-19-5(17)2-4-3-16-9(18)6(8(11)12)7(4)20-10(13,14)15/h3,8H,2H2,1H3,(H,16,18). The van der Waals surface area contributed by atoms with E-state index in [0.29, 0.717) is 6.20 Å². The molecule has 0 fully saturated rings. The van der Waals surface area contributed by atoms with Crippen molar-refractivity contribution >= 4 is 5.97 Å². The Bertz CT molecular complexity index is 552. The molecule has 0 unspecified atom stereocenters. The molecule has 0 bridgehead atoms. The molecule has 1 N–H and O–H groups in total. The highest BCUT2D eigenvalue weighted by atomic mass is 19.4. The van der Waals surface area contributed by atoms with Crippen LogP contribution in [0.4, 0.5) is 22.0 Å². The molecule has 0 saturated heterocycles. The molecular formula is C10H8F5NO4. The summed E-state index contributed by atoms with van der Waals surface area (Å²) in [6.45, 7) is 0. The average Bonchev–Trinajstić information content (AvgIpc) is 2.30. The van der Waals surface area contributed by atoms with E-state index in [-0.39, 0.29) is 0 Å². The number of esters is 1. The number of methoxy groups -OCH3 is 1. The number of halogens is 5. The third kappa shape index (κ3) is 3.93. The molecule has 0 aromatic carbocycles. The Balaban J connectivity index is 3.40. The van der Waals surface area contributed by atoms with Crippen molar-refractivity contribution in [3.63, 3.8) is 0 Å². The van der Waals surface area contributed by atoms with Gasteiger partial charge in [0.15, 0.2) is 0 Å². The van der Waals surface area contributed by atoms with Gasteiger partial charge in [0.05, 0.1) is 13.5 Å².